The minimum atomic E-state index is -0.921. The van der Waals surface area contributed by atoms with Crippen LogP contribution in [0.15, 0.2) is 30.3 Å². The number of aryl methyl sites for hydroxylation is 1. The molecular weight excluding hydrogens is 152 g/mol. The average Bonchev–Trinajstić information content (AvgIpc) is 2.03. The largest absolute Gasteiger partial charge is 0.478 e. The van der Waals surface area contributed by atoms with Crippen LogP contribution in [0.4, 0.5) is 0 Å². The molecule has 0 unspecified atom stereocenters. The second kappa shape index (κ2) is 3.72. The third kappa shape index (κ3) is 2.58. The Morgan fingerprint density at radius 1 is 1.33 bits per heavy atom. The van der Waals surface area contributed by atoms with Crippen LogP contribution in [0, 0.1) is 6.92 Å². The predicted molar refractivity (Wildman–Crippen MR) is 47.8 cm³/mol. The van der Waals surface area contributed by atoms with E-state index in [9.17, 15) is 4.79 Å². The molecule has 0 bridgehead atoms. The van der Waals surface area contributed by atoms with Gasteiger partial charge in [-0.25, -0.2) is 4.79 Å². The standard InChI is InChI=1S/C10H10O2/c1-8-2-4-9(5-3-8)6-7-10(11)12/h2-7H,1H3,(H,11,12). The van der Waals surface area contributed by atoms with Gasteiger partial charge in [-0.05, 0) is 18.6 Å². The number of hydrogen-bond donors (Lipinski definition) is 1. The minimum absolute atomic E-state index is 0.906. The monoisotopic (exact) mass is 162 g/mol. The van der Waals surface area contributed by atoms with E-state index in [-0.39, 0.29) is 0 Å². The first kappa shape index (κ1) is 8.53. The van der Waals surface area contributed by atoms with Gasteiger partial charge in [0.2, 0.25) is 0 Å². The summed E-state index contributed by atoms with van der Waals surface area (Å²) in [5, 5.41) is 8.34. The van der Waals surface area contributed by atoms with Gasteiger partial charge in [0.1, 0.15) is 0 Å². The molecule has 0 aliphatic carbocycles. The summed E-state index contributed by atoms with van der Waals surface area (Å²) in [6, 6.07) is 7.66. The lowest BCUT2D eigenvalue weighted by atomic mass is 10.1. The van der Waals surface area contributed by atoms with Crippen LogP contribution in [0.3, 0.4) is 0 Å². The number of carboxylic acids is 1. The molecule has 0 radical (unpaired) electrons. The third-order valence-electron chi connectivity index (χ3n) is 1.50. The Morgan fingerprint density at radius 3 is 2.42 bits per heavy atom. The number of benzene rings is 1. The van der Waals surface area contributed by atoms with E-state index in [1.54, 1.807) is 6.08 Å². The van der Waals surface area contributed by atoms with Gasteiger partial charge in [0.15, 0.2) is 0 Å². The predicted octanol–water partition coefficient (Wildman–Crippen LogP) is 2.09. The van der Waals surface area contributed by atoms with Crippen molar-refractivity contribution in [2.75, 3.05) is 0 Å². The minimum Gasteiger partial charge on any atom is -0.478 e. The normalized spacial score (nSPS) is 10.4. The number of hydrogen-bond acceptors (Lipinski definition) is 1. The summed E-state index contributed by atoms with van der Waals surface area (Å²) in [5.74, 6) is -0.921. The second-order valence-electron chi connectivity index (χ2n) is 2.58. The van der Waals surface area contributed by atoms with Gasteiger partial charge in [0.25, 0.3) is 0 Å². The third-order valence-corrected chi connectivity index (χ3v) is 1.50. The molecule has 0 aliphatic heterocycles. The molecule has 0 spiro atoms. The van der Waals surface area contributed by atoms with Gasteiger partial charge >= 0.3 is 5.97 Å². The van der Waals surface area contributed by atoms with Crippen LogP contribution < -0.4 is 0 Å². The molecule has 0 amide bonds. The smallest absolute Gasteiger partial charge is 0.328 e. The Morgan fingerprint density at radius 2 is 1.92 bits per heavy atom. The van der Waals surface area contributed by atoms with Gasteiger partial charge in [0, 0.05) is 6.08 Å². The van der Waals surface area contributed by atoms with E-state index in [1.807, 2.05) is 31.2 Å². The summed E-state index contributed by atoms with van der Waals surface area (Å²) < 4.78 is 0. The molecule has 62 valence electrons. The molecule has 0 saturated heterocycles. The molecule has 2 heteroatoms. The van der Waals surface area contributed by atoms with E-state index in [4.69, 9.17) is 5.11 Å². The molecule has 1 aromatic carbocycles. The van der Waals surface area contributed by atoms with Gasteiger partial charge < -0.3 is 5.11 Å². The van der Waals surface area contributed by atoms with Gasteiger partial charge in [0.05, 0.1) is 0 Å². The van der Waals surface area contributed by atoms with Crippen molar-refractivity contribution in [2.45, 2.75) is 6.92 Å². The zero-order chi connectivity index (χ0) is 8.97. The Kier molecular flexibility index (Phi) is 2.64. The fraction of sp³-hybridized carbons (Fsp3) is 0.100. The molecule has 1 N–H and O–H groups in total. The van der Waals surface area contributed by atoms with Crippen molar-refractivity contribution in [1.82, 2.24) is 0 Å². The first-order valence-electron chi connectivity index (χ1n) is 3.66. The molecule has 1 rings (SSSR count). The van der Waals surface area contributed by atoms with Crippen LogP contribution in [-0.2, 0) is 4.79 Å². The van der Waals surface area contributed by atoms with Crippen molar-refractivity contribution < 1.29 is 9.90 Å². The lowest BCUT2D eigenvalue weighted by molar-refractivity contribution is -0.131. The van der Waals surface area contributed by atoms with Crippen LogP contribution in [0.2, 0.25) is 0 Å². The van der Waals surface area contributed by atoms with Crippen LogP contribution in [0.5, 0.6) is 0 Å². The molecule has 0 aromatic heterocycles. The highest BCUT2D eigenvalue weighted by Crippen LogP contribution is 2.04. The first-order valence-corrected chi connectivity index (χ1v) is 3.66. The summed E-state index contributed by atoms with van der Waals surface area (Å²) in [7, 11) is 0. The van der Waals surface area contributed by atoms with Gasteiger partial charge in [-0.1, -0.05) is 29.8 Å². The maximum absolute atomic E-state index is 10.2. The zero-order valence-corrected chi connectivity index (χ0v) is 6.82. The number of carbonyl (C=O) groups is 1. The highest BCUT2D eigenvalue weighted by Gasteiger charge is 1.88. The van der Waals surface area contributed by atoms with E-state index in [0.717, 1.165) is 11.6 Å². The number of aliphatic carboxylic acids is 1. The van der Waals surface area contributed by atoms with Crippen molar-refractivity contribution in [3.63, 3.8) is 0 Å². The Hall–Kier alpha value is -1.57. The summed E-state index contributed by atoms with van der Waals surface area (Å²) in [4.78, 5) is 10.2. The van der Waals surface area contributed by atoms with Crippen molar-refractivity contribution in [2.24, 2.45) is 0 Å². The van der Waals surface area contributed by atoms with Crippen molar-refractivity contribution in [3.8, 4) is 0 Å². The summed E-state index contributed by atoms with van der Waals surface area (Å²) in [5.41, 5.74) is 2.07. The van der Waals surface area contributed by atoms with Gasteiger partial charge in [-0.3, -0.25) is 0 Å². The molecule has 0 aliphatic rings. The first-order chi connectivity index (χ1) is 5.68. The van der Waals surface area contributed by atoms with Crippen molar-refractivity contribution in [1.29, 1.82) is 0 Å². The van der Waals surface area contributed by atoms with Crippen LogP contribution in [0.1, 0.15) is 11.1 Å². The van der Waals surface area contributed by atoms with E-state index in [2.05, 4.69) is 0 Å². The molecule has 0 heterocycles. The molecular formula is C10H10O2. The maximum atomic E-state index is 10.2. The van der Waals surface area contributed by atoms with Gasteiger partial charge in [-0.15, -0.1) is 0 Å². The maximum Gasteiger partial charge on any atom is 0.328 e. The van der Waals surface area contributed by atoms with Crippen molar-refractivity contribution >= 4 is 12.0 Å². The topological polar surface area (TPSA) is 37.3 Å². The van der Waals surface area contributed by atoms with E-state index in [0.29, 0.717) is 0 Å². The lowest BCUT2D eigenvalue weighted by Gasteiger charge is -1.92. The summed E-state index contributed by atoms with van der Waals surface area (Å²) >= 11 is 0. The number of rotatable bonds is 2. The molecule has 1 aromatic rings. The molecule has 2 nitrogen and oxygen atoms in total. The highest BCUT2D eigenvalue weighted by molar-refractivity contribution is 5.85. The molecule has 0 atom stereocenters. The molecule has 12 heavy (non-hydrogen) atoms. The fourth-order valence-corrected chi connectivity index (χ4v) is 0.845. The SMILES string of the molecule is Cc1ccc(C=CC(=O)O)cc1. The number of carboxylic acid groups (broad SMARTS) is 1. The van der Waals surface area contributed by atoms with Crippen LogP contribution >= 0.6 is 0 Å². The highest BCUT2D eigenvalue weighted by atomic mass is 16.4. The summed E-state index contributed by atoms with van der Waals surface area (Å²) in [6.45, 7) is 1.99. The van der Waals surface area contributed by atoms with Crippen LogP contribution in [-0.4, -0.2) is 11.1 Å². The lowest BCUT2D eigenvalue weighted by Crippen LogP contribution is -1.85. The van der Waals surface area contributed by atoms with E-state index < -0.39 is 5.97 Å². The quantitative estimate of drug-likeness (QED) is 0.676. The molecule has 0 fully saturated rings. The van der Waals surface area contributed by atoms with E-state index >= 15 is 0 Å². The van der Waals surface area contributed by atoms with Gasteiger partial charge in [-0.2, -0.15) is 0 Å². The van der Waals surface area contributed by atoms with Crippen molar-refractivity contribution in [3.05, 3.63) is 41.5 Å². The molecule has 0 saturated carbocycles. The fourth-order valence-electron chi connectivity index (χ4n) is 0.845. The Labute approximate surface area is 71.2 Å². The Balaban J connectivity index is 2.77. The van der Waals surface area contributed by atoms with Crippen LogP contribution in [0.25, 0.3) is 6.08 Å². The second-order valence-corrected chi connectivity index (χ2v) is 2.58. The average molecular weight is 162 g/mol. The Bertz CT molecular complexity index is 296. The zero-order valence-electron chi connectivity index (χ0n) is 6.82. The summed E-state index contributed by atoms with van der Waals surface area (Å²) in [6.07, 6.45) is 2.70. The van der Waals surface area contributed by atoms with E-state index in [1.165, 1.54) is 5.56 Å².